The van der Waals surface area contributed by atoms with Gasteiger partial charge in [-0.1, -0.05) is 5.21 Å². The van der Waals surface area contributed by atoms with Crippen LogP contribution in [0.3, 0.4) is 0 Å². The summed E-state index contributed by atoms with van der Waals surface area (Å²) in [4.78, 5) is 18.5. The van der Waals surface area contributed by atoms with Crippen molar-refractivity contribution in [2.75, 3.05) is 33.3 Å². The Balaban J connectivity index is 1.71. The van der Waals surface area contributed by atoms with Crippen molar-refractivity contribution in [3.8, 4) is 23.0 Å². The van der Waals surface area contributed by atoms with Gasteiger partial charge in [-0.15, -0.1) is 5.10 Å². The minimum atomic E-state index is -0.606. The first-order chi connectivity index (χ1) is 17.9. The highest BCUT2D eigenvalue weighted by Gasteiger charge is 2.23. The molecule has 0 fully saturated rings. The molecular weight excluding hydrogens is 476 g/mol. The van der Waals surface area contributed by atoms with Crippen LogP contribution in [0, 0.1) is 0 Å². The number of nitrogens with zero attached hydrogens (tertiary/aromatic N) is 5. The molecule has 11 heteroatoms. The lowest BCUT2D eigenvalue weighted by Gasteiger charge is -2.26. The topological polar surface area (TPSA) is 127 Å². The van der Waals surface area contributed by atoms with Gasteiger partial charge in [0.2, 0.25) is 0 Å². The molecule has 0 bridgehead atoms. The number of methoxy groups -OCH3 is 4. The molecule has 192 valence electrons. The van der Waals surface area contributed by atoms with E-state index in [0.717, 1.165) is 5.56 Å². The number of primary amides is 1. The maximum absolute atomic E-state index is 12.2. The van der Waals surface area contributed by atoms with E-state index in [2.05, 4.69) is 15.3 Å². The Morgan fingerprint density at radius 2 is 1.68 bits per heavy atom. The maximum atomic E-state index is 12.2. The summed E-state index contributed by atoms with van der Waals surface area (Å²) < 4.78 is 23.5. The molecular formula is C26H28N6O5. The summed E-state index contributed by atoms with van der Waals surface area (Å²) in [5.41, 5.74) is 8.10. The highest BCUT2D eigenvalue weighted by Crippen LogP contribution is 2.38. The summed E-state index contributed by atoms with van der Waals surface area (Å²) in [6.07, 6.45) is 3.41. The van der Waals surface area contributed by atoms with Crippen LogP contribution >= 0.6 is 0 Å². The standard InChI is InChI=1S/C26H28N6O5/c1-34-19-7-8-24(37-4)23(13-19)32(26-22(25(27)33)6-5-9-28-26)16-18-15-31(30-29-18)14-17-10-20(35-2)12-21(11-17)36-3/h5-13,15H,14,16H2,1-4H3,(H2,27,33). The average molecular weight is 505 g/mol. The number of pyridine rings is 1. The second kappa shape index (κ2) is 11.3. The molecule has 2 N–H and O–H groups in total. The molecule has 37 heavy (non-hydrogen) atoms. The van der Waals surface area contributed by atoms with Crippen molar-refractivity contribution in [1.82, 2.24) is 20.0 Å². The summed E-state index contributed by atoms with van der Waals surface area (Å²) in [6.45, 7) is 0.668. The average Bonchev–Trinajstić information content (AvgIpc) is 3.37. The van der Waals surface area contributed by atoms with Gasteiger partial charge >= 0.3 is 0 Å². The van der Waals surface area contributed by atoms with E-state index < -0.39 is 5.91 Å². The minimum Gasteiger partial charge on any atom is -0.497 e. The fourth-order valence-corrected chi connectivity index (χ4v) is 3.88. The van der Waals surface area contributed by atoms with Crippen LogP contribution in [0.1, 0.15) is 21.6 Å². The number of hydrogen-bond acceptors (Lipinski definition) is 9. The van der Waals surface area contributed by atoms with Gasteiger partial charge in [0, 0.05) is 18.3 Å². The van der Waals surface area contributed by atoms with Crippen molar-refractivity contribution in [2.45, 2.75) is 13.1 Å². The number of nitrogens with two attached hydrogens (primary N) is 1. The molecule has 0 unspecified atom stereocenters. The van der Waals surface area contributed by atoms with Crippen molar-refractivity contribution < 1.29 is 23.7 Å². The number of carbonyl (C=O) groups is 1. The van der Waals surface area contributed by atoms with Crippen LogP contribution in [0.15, 0.2) is 60.9 Å². The summed E-state index contributed by atoms with van der Waals surface area (Å²) >= 11 is 0. The zero-order valence-corrected chi connectivity index (χ0v) is 21.0. The van der Waals surface area contributed by atoms with E-state index in [1.54, 1.807) is 80.6 Å². The normalized spacial score (nSPS) is 10.6. The van der Waals surface area contributed by atoms with Gasteiger partial charge in [0.25, 0.3) is 5.91 Å². The Kier molecular flexibility index (Phi) is 7.72. The third-order valence-electron chi connectivity index (χ3n) is 5.65. The second-order valence-corrected chi connectivity index (χ2v) is 7.99. The Bertz CT molecular complexity index is 1370. The van der Waals surface area contributed by atoms with E-state index in [1.165, 1.54) is 0 Å². The van der Waals surface area contributed by atoms with E-state index in [1.807, 2.05) is 18.3 Å². The molecule has 0 aliphatic heterocycles. The molecule has 2 heterocycles. The lowest BCUT2D eigenvalue weighted by molar-refractivity contribution is 0.100. The third-order valence-corrected chi connectivity index (χ3v) is 5.65. The number of aromatic nitrogens is 4. The van der Waals surface area contributed by atoms with Crippen LogP contribution < -0.4 is 29.6 Å². The Labute approximate surface area is 214 Å². The first-order valence-electron chi connectivity index (χ1n) is 11.3. The monoisotopic (exact) mass is 504 g/mol. The number of hydrogen-bond donors (Lipinski definition) is 1. The molecule has 0 saturated heterocycles. The number of anilines is 2. The number of benzene rings is 2. The van der Waals surface area contributed by atoms with Crippen LogP contribution in [0.5, 0.6) is 23.0 Å². The highest BCUT2D eigenvalue weighted by molar-refractivity contribution is 5.98. The molecule has 0 saturated carbocycles. The molecule has 0 radical (unpaired) electrons. The fourth-order valence-electron chi connectivity index (χ4n) is 3.88. The molecule has 0 atom stereocenters. The van der Waals surface area contributed by atoms with Gasteiger partial charge in [-0.05, 0) is 42.0 Å². The van der Waals surface area contributed by atoms with Gasteiger partial charge in [-0.25, -0.2) is 9.67 Å². The van der Waals surface area contributed by atoms with Crippen LogP contribution in [-0.2, 0) is 13.1 Å². The molecule has 4 rings (SSSR count). The van der Waals surface area contributed by atoms with Crippen LogP contribution in [0.25, 0.3) is 0 Å². The summed E-state index contributed by atoms with van der Waals surface area (Å²) in [7, 11) is 6.34. The molecule has 2 aromatic carbocycles. The van der Waals surface area contributed by atoms with Gasteiger partial charge in [0.05, 0.1) is 59.0 Å². The molecule has 0 aliphatic rings. The molecule has 0 spiro atoms. The van der Waals surface area contributed by atoms with Gasteiger partial charge in [-0.3, -0.25) is 4.79 Å². The van der Waals surface area contributed by atoms with Crippen LogP contribution in [0.4, 0.5) is 11.5 Å². The van der Waals surface area contributed by atoms with Crippen molar-refractivity contribution in [1.29, 1.82) is 0 Å². The fraction of sp³-hybridized carbons (Fsp3) is 0.231. The predicted molar refractivity (Wildman–Crippen MR) is 137 cm³/mol. The van der Waals surface area contributed by atoms with E-state index >= 15 is 0 Å². The van der Waals surface area contributed by atoms with E-state index in [9.17, 15) is 4.79 Å². The summed E-state index contributed by atoms with van der Waals surface area (Å²) in [5, 5.41) is 8.64. The highest BCUT2D eigenvalue weighted by atomic mass is 16.5. The van der Waals surface area contributed by atoms with Crippen molar-refractivity contribution >= 4 is 17.4 Å². The van der Waals surface area contributed by atoms with Gasteiger partial charge in [0.15, 0.2) is 0 Å². The van der Waals surface area contributed by atoms with Gasteiger partial charge in [-0.2, -0.15) is 0 Å². The van der Waals surface area contributed by atoms with Crippen molar-refractivity contribution in [2.24, 2.45) is 5.73 Å². The van der Waals surface area contributed by atoms with Gasteiger partial charge in [0.1, 0.15) is 34.5 Å². The molecule has 1 amide bonds. The summed E-state index contributed by atoms with van der Waals surface area (Å²) in [6, 6.07) is 14.3. The SMILES string of the molecule is COc1cc(Cn2cc(CN(c3cc(OC)ccc3OC)c3ncccc3C(N)=O)nn2)cc(OC)c1. The first-order valence-corrected chi connectivity index (χ1v) is 11.3. The zero-order chi connectivity index (χ0) is 26.4. The quantitative estimate of drug-likeness (QED) is 0.328. The minimum absolute atomic E-state index is 0.224. The number of ether oxygens (including phenoxy) is 4. The van der Waals surface area contributed by atoms with Crippen molar-refractivity contribution in [3.63, 3.8) is 0 Å². The van der Waals surface area contributed by atoms with Gasteiger partial charge < -0.3 is 29.6 Å². The Morgan fingerprint density at radius 1 is 0.946 bits per heavy atom. The lowest BCUT2D eigenvalue weighted by atomic mass is 10.1. The first kappa shape index (κ1) is 25.3. The molecule has 4 aromatic rings. The maximum Gasteiger partial charge on any atom is 0.252 e. The number of amides is 1. The second-order valence-electron chi connectivity index (χ2n) is 7.99. The lowest BCUT2D eigenvalue weighted by Crippen LogP contribution is -2.23. The van der Waals surface area contributed by atoms with E-state index in [0.29, 0.717) is 46.7 Å². The largest absolute Gasteiger partial charge is 0.497 e. The Hall–Kier alpha value is -4.80. The predicted octanol–water partition coefficient (Wildman–Crippen LogP) is 3.19. The Morgan fingerprint density at radius 3 is 2.32 bits per heavy atom. The van der Waals surface area contributed by atoms with Crippen LogP contribution in [0.2, 0.25) is 0 Å². The number of rotatable bonds is 11. The number of carbonyl (C=O) groups excluding carboxylic acids is 1. The van der Waals surface area contributed by atoms with Crippen LogP contribution in [-0.4, -0.2) is 54.3 Å². The summed E-state index contributed by atoms with van der Waals surface area (Å²) in [5.74, 6) is 2.27. The smallest absolute Gasteiger partial charge is 0.252 e. The molecule has 2 aromatic heterocycles. The molecule has 11 nitrogen and oxygen atoms in total. The zero-order valence-electron chi connectivity index (χ0n) is 21.0. The van der Waals surface area contributed by atoms with E-state index in [4.69, 9.17) is 24.7 Å². The molecule has 0 aliphatic carbocycles. The third kappa shape index (κ3) is 5.72. The van der Waals surface area contributed by atoms with Crippen molar-refractivity contribution in [3.05, 3.63) is 77.7 Å². The van der Waals surface area contributed by atoms with E-state index in [-0.39, 0.29) is 12.1 Å².